The van der Waals surface area contributed by atoms with Gasteiger partial charge in [0.1, 0.15) is 17.2 Å². The molecule has 1 aliphatic heterocycles. The van der Waals surface area contributed by atoms with E-state index in [9.17, 15) is 4.55 Å². The zero-order valence-electron chi connectivity index (χ0n) is 28.3. The molecule has 47 heavy (non-hydrogen) atoms. The summed E-state index contributed by atoms with van der Waals surface area (Å²) in [7, 11) is -2.75. The maximum absolute atomic E-state index is 14.0. The van der Waals surface area contributed by atoms with E-state index >= 15 is 0 Å². The molecule has 8 heteroatoms. The van der Waals surface area contributed by atoms with Crippen molar-refractivity contribution >= 4 is 51.7 Å². The van der Waals surface area contributed by atoms with E-state index in [1.807, 2.05) is 19.1 Å². The molecule has 5 nitrogen and oxygen atoms in total. The smallest absolute Gasteiger partial charge is 0.261 e. The molecule has 0 fully saturated rings. The Morgan fingerprint density at radius 2 is 1.66 bits per heavy atom. The number of pyridine rings is 1. The molecule has 0 N–H and O–H groups in total. The van der Waals surface area contributed by atoms with Crippen molar-refractivity contribution in [1.82, 2.24) is 9.29 Å². The molecule has 4 aromatic rings. The van der Waals surface area contributed by atoms with Crippen molar-refractivity contribution in [3.8, 4) is 11.3 Å². The van der Waals surface area contributed by atoms with Crippen molar-refractivity contribution in [2.75, 3.05) is 19.0 Å². The van der Waals surface area contributed by atoms with Gasteiger partial charge in [0.15, 0.2) is 0 Å². The van der Waals surface area contributed by atoms with Gasteiger partial charge in [-0.2, -0.15) is 0 Å². The minimum absolute atomic E-state index is 0.128. The SMILES string of the molecule is C=C(OCC)c1cc2c(c(-c3cccc(Br)c3)n1)[C@@H](CCO[Si](c1ccccc1)(c1ccccc1)C(C)(C)C)N([S+]([O-])CCCC)C2. The van der Waals surface area contributed by atoms with Crippen molar-refractivity contribution in [3.05, 3.63) is 119 Å². The van der Waals surface area contributed by atoms with E-state index in [1.54, 1.807) is 0 Å². The van der Waals surface area contributed by atoms with Crippen molar-refractivity contribution in [1.29, 1.82) is 0 Å². The molecule has 1 unspecified atom stereocenters. The number of fused-ring (bicyclic) bond motifs is 1. The van der Waals surface area contributed by atoms with Gasteiger partial charge in [-0.05, 0) is 58.9 Å². The van der Waals surface area contributed by atoms with Crippen LogP contribution in [0, 0.1) is 0 Å². The predicted octanol–water partition coefficient (Wildman–Crippen LogP) is 8.81. The highest BCUT2D eigenvalue weighted by Gasteiger charge is 2.50. The Hall–Kier alpha value is -2.72. The van der Waals surface area contributed by atoms with Crippen LogP contribution in [0.4, 0.5) is 0 Å². The number of hydrogen-bond acceptors (Lipinski definition) is 5. The lowest BCUT2D eigenvalue weighted by Gasteiger charge is -2.43. The molecule has 0 saturated heterocycles. The third kappa shape index (κ3) is 7.63. The van der Waals surface area contributed by atoms with Crippen molar-refractivity contribution in [3.63, 3.8) is 0 Å². The number of benzene rings is 3. The lowest BCUT2D eigenvalue weighted by Crippen LogP contribution is -2.66. The van der Waals surface area contributed by atoms with Crippen LogP contribution < -0.4 is 10.4 Å². The molecule has 2 heterocycles. The van der Waals surface area contributed by atoms with E-state index < -0.39 is 19.7 Å². The molecule has 0 spiro atoms. The fraction of sp³-hybridized carbons (Fsp3) is 0.359. The first kappa shape index (κ1) is 35.6. The summed E-state index contributed by atoms with van der Waals surface area (Å²) in [4.78, 5) is 5.17. The average Bonchev–Trinajstić information content (AvgIpc) is 3.44. The maximum Gasteiger partial charge on any atom is 0.261 e. The molecular formula is C39H47BrN2O3SSi. The number of rotatable bonds is 14. The molecular weight excluding hydrogens is 684 g/mol. The summed E-state index contributed by atoms with van der Waals surface area (Å²) in [6.07, 6.45) is 2.59. The summed E-state index contributed by atoms with van der Waals surface area (Å²) >= 11 is 2.52. The van der Waals surface area contributed by atoms with E-state index in [0.717, 1.165) is 39.7 Å². The highest BCUT2D eigenvalue weighted by atomic mass is 79.9. The molecule has 2 atom stereocenters. The molecule has 3 aromatic carbocycles. The van der Waals surface area contributed by atoms with Gasteiger partial charge in [0.25, 0.3) is 8.32 Å². The second kappa shape index (κ2) is 15.7. The Bertz CT molecular complexity index is 1610. The van der Waals surface area contributed by atoms with E-state index in [4.69, 9.17) is 14.1 Å². The quantitative estimate of drug-likeness (QED) is 0.0738. The monoisotopic (exact) mass is 730 g/mol. The fourth-order valence-corrected chi connectivity index (χ4v) is 13.3. The number of unbranched alkanes of at least 4 members (excludes halogenated alkanes) is 1. The second-order valence-corrected chi connectivity index (χ2v) is 19.8. The molecule has 248 valence electrons. The van der Waals surface area contributed by atoms with Gasteiger partial charge in [0, 0.05) is 33.6 Å². The number of nitrogens with zero attached hydrogens (tertiary/aromatic N) is 2. The first-order valence-electron chi connectivity index (χ1n) is 16.6. The van der Waals surface area contributed by atoms with Crippen LogP contribution in [0.5, 0.6) is 0 Å². The van der Waals surface area contributed by atoms with Crippen LogP contribution in [0.2, 0.25) is 5.04 Å². The third-order valence-electron chi connectivity index (χ3n) is 8.91. The summed E-state index contributed by atoms with van der Waals surface area (Å²) in [6.45, 7) is 16.8. The highest BCUT2D eigenvalue weighted by Crippen LogP contribution is 2.45. The van der Waals surface area contributed by atoms with Crippen LogP contribution in [-0.2, 0) is 27.1 Å². The summed E-state index contributed by atoms with van der Waals surface area (Å²) in [5, 5.41) is 2.37. The largest absolute Gasteiger partial charge is 0.598 e. The fourth-order valence-electron chi connectivity index (χ4n) is 6.75. The summed E-state index contributed by atoms with van der Waals surface area (Å²) in [5.74, 6) is 1.18. The molecule has 0 bridgehead atoms. The molecule has 0 saturated carbocycles. The molecule has 0 amide bonds. The highest BCUT2D eigenvalue weighted by molar-refractivity contribution is 9.10. The topological polar surface area (TPSA) is 57.7 Å². The summed E-state index contributed by atoms with van der Waals surface area (Å²) in [6, 6.07) is 31.7. The number of halogens is 1. The van der Waals surface area contributed by atoms with E-state index in [0.29, 0.717) is 43.4 Å². The second-order valence-electron chi connectivity index (χ2n) is 13.1. The van der Waals surface area contributed by atoms with Gasteiger partial charge < -0.3 is 13.7 Å². The lowest BCUT2D eigenvalue weighted by molar-refractivity contribution is 0.241. The van der Waals surface area contributed by atoms with Gasteiger partial charge in [-0.1, -0.05) is 129 Å². The lowest BCUT2D eigenvalue weighted by atomic mass is 9.96. The Kier molecular flexibility index (Phi) is 11.9. The molecule has 1 aromatic heterocycles. The predicted molar refractivity (Wildman–Crippen MR) is 202 cm³/mol. The van der Waals surface area contributed by atoms with Crippen molar-refractivity contribution in [2.24, 2.45) is 0 Å². The van der Waals surface area contributed by atoms with Gasteiger partial charge in [0.05, 0.1) is 24.9 Å². The van der Waals surface area contributed by atoms with Crippen LogP contribution in [0.1, 0.15) is 76.7 Å². The summed E-state index contributed by atoms with van der Waals surface area (Å²) in [5.41, 5.74) is 4.83. The van der Waals surface area contributed by atoms with Crippen molar-refractivity contribution < 1.29 is 13.7 Å². The van der Waals surface area contributed by atoms with Crippen LogP contribution in [0.3, 0.4) is 0 Å². The Morgan fingerprint density at radius 1 is 1.00 bits per heavy atom. The first-order valence-corrected chi connectivity index (χ1v) is 20.6. The third-order valence-corrected chi connectivity index (χ3v) is 16.0. The van der Waals surface area contributed by atoms with Gasteiger partial charge in [-0.25, -0.2) is 4.98 Å². The number of hydrogen-bond donors (Lipinski definition) is 0. The van der Waals surface area contributed by atoms with Crippen LogP contribution >= 0.6 is 15.9 Å². The van der Waals surface area contributed by atoms with Crippen LogP contribution in [-0.4, -0.2) is 41.1 Å². The molecule has 1 aliphatic rings. The van der Waals surface area contributed by atoms with E-state index in [2.05, 4.69) is 133 Å². The average molecular weight is 732 g/mol. The van der Waals surface area contributed by atoms with Gasteiger partial charge >= 0.3 is 0 Å². The standard InChI is InChI=1S/C39H47BrN2O3SSi/c1-7-9-25-46(43)42-28-31-27-35(29(3)44-8-2)41-38(30-17-16-18-32(40)26-30)37(31)36(42)23-24-45-47(39(4,5)6,33-19-12-10-13-20-33)34-21-14-11-15-22-34/h10-22,26-27,36H,3,7-9,23-25,28H2,1-2,4-6H3/t36-,46?/m1/s1. The molecule has 5 rings (SSSR count). The molecule has 0 aliphatic carbocycles. The number of aromatic nitrogens is 1. The van der Waals surface area contributed by atoms with Gasteiger partial charge in [-0.3, -0.25) is 0 Å². The Labute approximate surface area is 294 Å². The number of ether oxygens (including phenoxy) is 1. The Balaban J connectivity index is 1.60. The van der Waals surface area contributed by atoms with E-state index in [-0.39, 0.29) is 11.1 Å². The van der Waals surface area contributed by atoms with Gasteiger partial charge in [0.2, 0.25) is 0 Å². The minimum atomic E-state index is -2.75. The summed E-state index contributed by atoms with van der Waals surface area (Å²) < 4.78 is 30.3. The van der Waals surface area contributed by atoms with Crippen LogP contribution in [0.15, 0.2) is 102 Å². The van der Waals surface area contributed by atoms with Crippen molar-refractivity contribution in [2.45, 2.75) is 71.5 Å². The van der Waals surface area contributed by atoms with Crippen LogP contribution in [0.25, 0.3) is 17.0 Å². The maximum atomic E-state index is 14.0. The first-order chi connectivity index (χ1) is 22.6. The Morgan fingerprint density at radius 3 is 2.23 bits per heavy atom. The van der Waals surface area contributed by atoms with Gasteiger partial charge in [-0.15, -0.1) is 4.31 Å². The normalized spacial score (nSPS) is 15.8. The minimum Gasteiger partial charge on any atom is -0.598 e. The zero-order chi connectivity index (χ0) is 33.6. The zero-order valence-corrected chi connectivity index (χ0v) is 31.7. The molecule has 0 radical (unpaired) electrons. The van der Waals surface area contributed by atoms with E-state index in [1.165, 1.54) is 10.4 Å².